The van der Waals surface area contributed by atoms with E-state index in [1.165, 1.54) is 20.9 Å². The van der Waals surface area contributed by atoms with E-state index < -0.39 is 0 Å². The molecule has 2 nitrogen and oxygen atoms in total. The van der Waals surface area contributed by atoms with Gasteiger partial charge in [0.1, 0.15) is 11.5 Å². The summed E-state index contributed by atoms with van der Waals surface area (Å²) in [5.41, 5.74) is 2.69. The molecule has 25 heavy (non-hydrogen) atoms. The summed E-state index contributed by atoms with van der Waals surface area (Å²) in [6.07, 6.45) is 0. The fourth-order valence-electron chi connectivity index (χ4n) is 2.74. The highest BCUT2D eigenvalue weighted by Crippen LogP contribution is 2.42. The number of hydrogen-bond donors (Lipinski definition) is 0. The molecule has 0 heterocycles. The average molecular weight is 359 g/mol. The van der Waals surface area contributed by atoms with E-state index in [9.17, 15) is 0 Å². The van der Waals surface area contributed by atoms with E-state index in [1.807, 2.05) is 23.9 Å². The Morgan fingerprint density at radius 2 is 1.00 bits per heavy atom. The topological polar surface area (TPSA) is 18.5 Å². The van der Waals surface area contributed by atoms with Crippen LogP contribution in [0, 0.1) is 0 Å². The molecule has 0 fully saturated rings. The number of hydrogen-bond acceptors (Lipinski definition) is 3. The van der Waals surface area contributed by atoms with E-state index >= 15 is 0 Å². The highest BCUT2D eigenvalue weighted by Gasteiger charge is 2.23. The van der Waals surface area contributed by atoms with Crippen molar-refractivity contribution in [2.24, 2.45) is 0 Å². The molecule has 3 heteroatoms. The van der Waals surface area contributed by atoms with Gasteiger partial charge in [-0.3, -0.25) is 0 Å². The predicted octanol–water partition coefficient (Wildman–Crippen LogP) is 6.45. The molecule has 0 spiro atoms. The van der Waals surface area contributed by atoms with Crippen LogP contribution in [0.2, 0.25) is 0 Å². The average Bonchev–Trinajstić information content (AvgIpc) is 2.53. The molecule has 0 unspecified atom stereocenters. The summed E-state index contributed by atoms with van der Waals surface area (Å²) in [5, 5.41) is 0. The van der Waals surface area contributed by atoms with Gasteiger partial charge in [-0.2, -0.15) is 0 Å². The van der Waals surface area contributed by atoms with Gasteiger partial charge in [-0.25, -0.2) is 0 Å². The standard InChI is InChI=1S/C22H30O2S/c1-21(2,3)17-13-15(23-7)9-11-19(17)25-20-12-10-16(24-8)14-18(20)22(4,5)6/h9-14H,1-8H3. The Bertz CT molecular complexity index is 673. The third kappa shape index (κ3) is 4.72. The molecule has 0 aromatic heterocycles. The van der Waals surface area contributed by atoms with Crippen LogP contribution >= 0.6 is 11.8 Å². The first-order chi connectivity index (χ1) is 11.6. The zero-order valence-corrected chi connectivity index (χ0v) is 17.5. The number of methoxy groups -OCH3 is 2. The minimum atomic E-state index is 0.0469. The fraction of sp³-hybridized carbons (Fsp3) is 0.455. The third-order valence-electron chi connectivity index (χ3n) is 4.21. The van der Waals surface area contributed by atoms with E-state index in [0.717, 1.165) is 11.5 Å². The molecular formula is C22H30O2S. The third-order valence-corrected chi connectivity index (χ3v) is 5.36. The summed E-state index contributed by atoms with van der Waals surface area (Å²) >= 11 is 1.82. The van der Waals surface area contributed by atoms with Crippen LogP contribution in [0.5, 0.6) is 11.5 Å². The van der Waals surface area contributed by atoms with E-state index in [4.69, 9.17) is 9.47 Å². The lowest BCUT2D eigenvalue weighted by atomic mass is 9.87. The summed E-state index contributed by atoms with van der Waals surface area (Å²) in [7, 11) is 3.44. The molecule has 0 aliphatic heterocycles. The van der Waals surface area contributed by atoms with Crippen LogP contribution < -0.4 is 9.47 Å². The molecular weight excluding hydrogens is 328 g/mol. The summed E-state index contributed by atoms with van der Waals surface area (Å²) in [6.45, 7) is 13.4. The van der Waals surface area contributed by atoms with Crippen molar-refractivity contribution in [2.75, 3.05) is 14.2 Å². The van der Waals surface area contributed by atoms with Gasteiger partial charge in [0.05, 0.1) is 14.2 Å². The van der Waals surface area contributed by atoms with Gasteiger partial charge < -0.3 is 9.47 Å². The summed E-state index contributed by atoms with van der Waals surface area (Å²) in [6, 6.07) is 12.7. The molecule has 136 valence electrons. The van der Waals surface area contributed by atoms with Gasteiger partial charge in [-0.15, -0.1) is 0 Å². The highest BCUT2D eigenvalue weighted by molar-refractivity contribution is 7.99. The van der Waals surface area contributed by atoms with Gasteiger partial charge in [0, 0.05) is 9.79 Å². The van der Waals surface area contributed by atoms with Crippen molar-refractivity contribution in [1.29, 1.82) is 0 Å². The second-order valence-corrected chi connectivity index (χ2v) is 9.41. The summed E-state index contributed by atoms with van der Waals surface area (Å²) < 4.78 is 10.9. The number of benzene rings is 2. The molecule has 2 aromatic carbocycles. The predicted molar refractivity (Wildman–Crippen MR) is 108 cm³/mol. The fourth-order valence-corrected chi connectivity index (χ4v) is 4.20. The van der Waals surface area contributed by atoms with Crippen LogP contribution in [0.3, 0.4) is 0 Å². The second kappa shape index (κ2) is 7.33. The molecule has 0 N–H and O–H groups in total. The van der Waals surface area contributed by atoms with Crippen LogP contribution in [0.15, 0.2) is 46.2 Å². The van der Waals surface area contributed by atoms with Crippen molar-refractivity contribution in [3.05, 3.63) is 47.5 Å². The summed E-state index contributed by atoms with van der Waals surface area (Å²) in [4.78, 5) is 2.54. The molecule has 0 aliphatic carbocycles. The largest absolute Gasteiger partial charge is 0.497 e. The minimum absolute atomic E-state index is 0.0469. The van der Waals surface area contributed by atoms with Crippen molar-refractivity contribution >= 4 is 11.8 Å². The first-order valence-electron chi connectivity index (χ1n) is 8.61. The second-order valence-electron chi connectivity index (χ2n) is 8.33. The van der Waals surface area contributed by atoms with Crippen LogP contribution in [0.1, 0.15) is 52.7 Å². The zero-order valence-electron chi connectivity index (χ0n) is 16.7. The number of ether oxygens (including phenoxy) is 2. The first-order valence-corrected chi connectivity index (χ1v) is 9.43. The Balaban J connectivity index is 2.53. The maximum atomic E-state index is 5.44. The molecule has 2 rings (SSSR count). The quantitative estimate of drug-likeness (QED) is 0.625. The molecule has 0 radical (unpaired) electrons. The SMILES string of the molecule is COc1ccc(Sc2ccc(OC)cc2C(C)(C)C)c(C(C)(C)C)c1. The maximum Gasteiger partial charge on any atom is 0.119 e. The van der Waals surface area contributed by atoms with Gasteiger partial charge in [-0.1, -0.05) is 53.3 Å². The number of rotatable bonds is 4. The Morgan fingerprint density at radius 3 is 1.28 bits per heavy atom. The van der Waals surface area contributed by atoms with Crippen LogP contribution in [0.25, 0.3) is 0 Å². The lowest BCUT2D eigenvalue weighted by Gasteiger charge is -2.26. The van der Waals surface area contributed by atoms with Gasteiger partial charge in [0.15, 0.2) is 0 Å². The van der Waals surface area contributed by atoms with Crippen LogP contribution in [0.4, 0.5) is 0 Å². The molecule has 0 saturated carbocycles. The molecule has 0 bridgehead atoms. The van der Waals surface area contributed by atoms with E-state index in [2.05, 4.69) is 65.8 Å². The zero-order chi connectivity index (χ0) is 18.8. The Labute approximate surface area is 156 Å². The van der Waals surface area contributed by atoms with Gasteiger partial charge in [0.2, 0.25) is 0 Å². The molecule has 0 amide bonds. The van der Waals surface area contributed by atoms with Crippen molar-refractivity contribution in [3.63, 3.8) is 0 Å². The molecule has 0 aliphatic rings. The lowest BCUT2D eigenvalue weighted by Crippen LogP contribution is -2.14. The Hall–Kier alpha value is -1.61. The molecule has 0 atom stereocenters. The van der Waals surface area contributed by atoms with Crippen LogP contribution in [-0.2, 0) is 10.8 Å². The van der Waals surface area contributed by atoms with Crippen LogP contribution in [-0.4, -0.2) is 14.2 Å². The molecule has 2 aromatic rings. The monoisotopic (exact) mass is 358 g/mol. The van der Waals surface area contributed by atoms with E-state index in [-0.39, 0.29) is 10.8 Å². The van der Waals surface area contributed by atoms with E-state index in [1.54, 1.807) is 14.2 Å². The summed E-state index contributed by atoms with van der Waals surface area (Å²) in [5.74, 6) is 1.81. The smallest absolute Gasteiger partial charge is 0.119 e. The first kappa shape index (κ1) is 19.7. The van der Waals surface area contributed by atoms with E-state index in [0.29, 0.717) is 0 Å². The molecule has 0 saturated heterocycles. The Morgan fingerprint density at radius 1 is 0.640 bits per heavy atom. The van der Waals surface area contributed by atoms with Crippen molar-refractivity contribution < 1.29 is 9.47 Å². The van der Waals surface area contributed by atoms with Crippen molar-refractivity contribution in [1.82, 2.24) is 0 Å². The normalized spacial score (nSPS) is 12.2. The lowest BCUT2D eigenvalue weighted by molar-refractivity contribution is 0.411. The highest BCUT2D eigenvalue weighted by atomic mass is 32.2. The minimum Gasteiger partial charge on any atom is -0.497 e. The van der Waals surface area contributed by atoms with Crippen molar-refractivity contribution in [3.8, 4) is 11.5 Å². The van der Waals surface area contributed by atoms with Gasteiger partial charge in [0.25, 0.3) is 0 Å². The van der Waals surface area contributed by atoms with Gasteiger partial charge in [-0.05, 0) is 58.4 Å². The maximum absolute atomic E-state index is 5.44. The van der Waals surface area contributed by atoms with Crippen molar-refractivity contribution in [2.45, 2.75) is 62.2 Å². The Kier molecular flexibility index (Phi) is 5.78. The van der Waals surface area contributed by atoms with Gasteiger partial charge >= 0.3 is 0 Å².